The van der Waals surface area contributed by atoms with Gasteiger partial charge in [0.25, 0.3) is 6.64 Å². The molecule has 120 valence electrons. The molecule has 0 aromatic heterocycles. The van der Waals surface area contributed by atoms with Gasteiger partial charge in [-0.15, -0.1) is 4.08 Å². The highest BCUT2D eigenvalue weighted by atomic mass is 32.5. The van der Waals surface area contributed by atoms with Crippen molar-refractivity contribution in [3.63, 3.8) is 0 Å². The molecule has 0 aliphatic heterocycles. The highest BCUT2D eigenvalue weighted by Gasteiger charge is 2.37. The van der Waals surface area contributed by atoms with Crippen LogP contribution in [0.15, 0.2) is 30.3 Å². The minimum absolute atomic E-state index is 0.284. The van der Waals surface area contributed by atoms with Gasteiger partial charge in [-0.3, -0.25) is 4.31 Å². The third-order valence-corrected chi connectivity index (χ3v) is 9.10. The first-order valence-electron chi connectivity index (χ1n) is 6.47. The molecule has 0 N–H and O–H groups in total. The van der Waals surface area contributed by atoms with Crippen LogP contribution in [0.1, 0.15) is 13.8 Å². The van der Waals surface area contributed by atoms with Gasteiger partial charge in [0.2, 0.25) is 0 Å². The maximum atomic E-state index is 12.7. The molecule has 0 aliphatic carbocycles. The van der Waals surface area contributed by atoms with Crippen molar-refractivity contribution in [2.75, 3.05) is 31.6 Å². The summed E-state index contributed by atoms with van der Waals surface area (Å²) in [5.74, 6) is 0. The summed E-state index contributed by atoms with van der Waals surface area (Å²) < 4.78 is 38.4. The Morgan fingerprint density at radius 2 is 1.57 bits per heavy atom. The highest BCUT2D eigenvalue weighted by Crippen LogP contribution is 2.53. The fourth-order valence-corrected chi connectivity index (χ4v) is 6.41. The molecule has 21 heavy (non-hydrogen) atoms. The van der Waals surface area contributed by atoms with Gasteiger partial charge >= 0.3 is 10.2 Å². The molecular formula is C12H21N2O4PS2. The zero-order chi connectivity index (χ0) is 16.1. The molecule has 6 nitrogen and oxygen atoms in total. The topological polar surface area (TPSA) is 59.1 Å². The number of para-hydroxylation sites is 1. The minimum atomic E-state index is -3.83. The predicted octanol–water partition coefficient (Wildman–Crippen LogP) is 2.60. The van der Waals surface area contributed by atoms with E-state index in [4.69, 9.17) is 20.9 Å². The third-order valence-electron chi connectivity index (χ3n) is 2.73. The van der Waals surface area contributed by atoms with Crippen LogP contribution in [-0.4, -0.2) is 39.8 Å². The molecule has 0 radical (unpaired) electrons. The van der Waals surface area contributed by atoms with Crippen LogP contribution < -0.4 is 4.31 Å². The summed E-state index contributed by atoms with van der Waals surface area (Å²) in [6, 6.07) is 8.76. The lowest BCUT2D eigenvalue weighted by atomic mass is 10.3. The van der Waals surface area contributed by atoms with Crippen molar-refractivity contribution >= 4 is 34.3 Å². The van der Waals surface area contributed by atoms with E-state index in [0.29, 0.717) is 5.69 Å². The van der Waals surface area contributed by atoms with E-state index in [1.54, 1.807) is 38.1 Å². The lowest BCUT2D eigenvalue weighted by Crippen LogP contribution is -2.38. The van der Waals surface area contributed by atoms with Crippen LogP contribution in [0.3, 0.4) is 0 Å². The van der Waals surface area contributed by atoms with Gasteiger partial charge in [-0.2, -0.15) is 8.42 Å². The molecule has 0 saturated carbocycles. The van der Waals surface area contributed by atoms with Gasteiger partial charge in [0.1, 0.15) is 0 Å². The first-order valence-corrected chi connectivity index (χ1v) is 10.5. The van der Waals surface area contributed by atoms with E-state index in [2.05, 4.69) is 0 Å². The first-order chi connectivity index (χ1) is 9.79. The molecular weight excluding hydrogens is 331 g/mol. The van der Waals surface area contributed by atoms with E-state index in [-0.39, 0.29) is 13.2 Å². The van der Waals surface area contributed by atoms with Crippen molar-refractivity contribution in [1.82, 2.24) is 4.08 Å². The summed E-state index contributed by atoms with van der Waals surface area (Å²) >= 11 is 5.33. The normalized spacial score (nSPS) is 12.6. The quantitative estimate of drug-likeness (QED) is 0.673. The Morgan fingerprint density at radius 3 is 2.00 bits per heavy atom. The van der Waals surface area contributed by atoms with Gasteiger partial charge < -0.3 is 9.05 Å². The Kier molecular flexibility index (Phi) is 6.77. The standard InChI is InChI=1S/C12H21N2O4PS2/c1-5-17-19(20,18-6-2)14(4)21(15,16)13(3)12-10-8-7-9-11-12/h7-11H,5-6H2,1-4H3. The van der Waals surface area contributed by atoms with Gasteiger partial charge in [-0.1, -0.05) is 18.2 Å². The molecule has 1 aromatic carbocycles. The van der Waals surface area contributed by atoms with E-state index >= 15 is 0 Å². The molecule has 0 fully saturated rings. The van der Waals surface area contributed by atoms with Crippen LogP contribution >= 0.6 is 6.64 Å². The largest absolute Gasteiger partial charge is 0.317 e. The molecule has 0 atom stereocenters. The minimum Gasteiger partial charge on any atom is -0.317 e. The average Bonchev–Trinajstić information content (AvgIpc) is 2.47. The SMILES string of the molecule is CCOP(=S)(OCC)N(C)S(=O)(=O)N(C)c1ccccc1. The van der Waals surface area contributed by atoms with E-state index in [1.807, 2.05) is 6.07 Å². The van der Waals surface area contributed by atoms with Gasteiger partial charge in [-0.25, -0.2) is 0 Å². The lowest BCUT2D eigenvalue weighted by Gasteiger charge is -2.32. The van der Waals surface area contributed by atoms with E-state index < -0.39 is 16.9 Å². The molecule has 0 aliphatic rings. The van der Waals surface area contributed by atoms with Crippen LogP contribution in [0.4, 0.5) is 5.69 Å². The second-order valence-corrected chi connectivity index (χ2v) is 9.75. The summed E-state index contributed by atoms with van der Waals surface area (Å²) in [5, 5.41) is 0. The predicted molar refractivity (Wildman–Crippen MR) is 89.1 cm³/mol. The van der Waals surface area contributed by atoms with Crippen LogP contribution in [0.5, 0.6) is 0 Å². The molecule has 0 saturated heterocycles. The molecule has 0 amide bonds. The molecule has 0 bridgehead atoms. The lowest BCUT2D eigenvalue weighted by molar-refractivity contribution is 0.245. The van der Waals surface area contributed by atoms with Crippen molar-refractivity contribution in [2.24, 2.45) is 0 Å². The molecule has 1 rings (SSSR count). The van der Waals surface area contributed by atoms with Crippen molar-refractivity contribution in [3.05, 3.63) is 30.3 Å². The number of hydrogen-bond donors (Lipinski definition) is 0. The van der Waals surface area contributed by atoms with Crippen molar-refractivity contribution in [2.45, 2.75) is 13.8 Å². The van der Waals surface area contributed by atoms with Gasteiger partial charge in [0, 0.05) is 14.1 Å². The maximum absolute atomic E-state index is 12.7. The zero-order valence-electron chi connectivity index (χ0n) is 12.6. The molecule has 0 spiro atoms. The molecule has 9 heteroatoms. The second-order valence-electron chi connectivity index (χ2n) is 4.05. The zero-order valence-corrected chi connectivity index (χ0v) is 15.1. The Balaban J connectivity index is 3.13. The molecule has 0 unspecified atom stereocenters. The highest BCUT2D eigenvalue weighted by molar-refractivity contribution is 8.13. The fraction of sp³-hybridized carbons (Fsp3) is 0.500. The Morgan fingerprint density at radius 1 is 1.10 bits per heavy atom. The monoisotopic (exact) mass is 352 g/mol. The van der Waals surface area contributed by atoms with Gasteiger partial charge in [-0.05, 0) is 37.8 Å². The van der Waals surface area contributed by atoms with Crippen LogP contribution in [0.2, 0.25) is 0 Å². The Bertz CT molecular complexity index is 585. The summed E-state index contributed by atoms with van der Waals surface area (Å²) in [6.45, 7) is 1.00. The Hall–Kier alpha value is -0.500. The van der Waals surface area contributed by atoms with Crippen LogP contribution in [-0.2, 0) is 31.1 Å². The smallest absolute Gasteiger partial charge is 0.311 e. The fourth-order valence-electron chi connectivity index (χ4n) is 1.60. The van der Waals surface area contributed by atoms with E-state index in [1.165, 1.54) is 14.1 Å². The Labute approximate surface area is 132 Å². The van der Waals surface area contributed by atoms with Gasteiger partial charge in [0.05, 0.1) is 18.9 Å². The molecule has 1 aromatic rings. The second kappa shape index (κ2) is 7.67. The number of hydrogen-bond acceptors (Lipinski definition) is 5. The summed E-state index contributed by atoms with van der Waals surface area (Å²) in [5.41, 5.74) is 0.541. The third kappa shape index (κ3) is 4.25. The first kappa shape index (κ1) is 18.5. The van der Waals surface area contributed by atoms with Gasteiger partial charge in [0.15, 0.2) is 0 Å². The number of anilines is 1. The summed E-state index contributed by atoms with van der Waals surface area (Å²) in [4.78, 5) is 0. The molecule has 0 heterocycles. The number of nitrogens with zero attached hydrogens (tertiary/aromatic N) is 2. The number of rotatable bonds is 8. The summed E-state index contributed by atoms with van der Waals surface area (Å²) in [7, 11) is -0.971. The summed E-state index contributed by atoms with van der Waals surface area (Å²) in [6.07, 6.45) is 0. The van der Waals surface area contributed by atoms with Crippen molar-refractivity contribution < 1.29 is 17.5 Å². The van der Waals surface area contributed by atoms with Crippen molar-refractivity contribution in [3.8, 4) is 0 Å². The number of benzene rings is 1. The van der Waals surface area contributed by atoms with E-state index in [0.717, 1.165) is 8.38 Å². The van der Waals surface area contributed by atoms with Crippen LogP contribution in [0, 0.1) is 0 Å². The van der Waals surface area contributed by atoms with E-state index in [9.17, 15) is 8.42 Å². The van der Waals surface area contributed by atoms with Crippen LogP contribution in [0.25, 0.3) is 0 Å². The average molecular weight is 352 g/mol. The van der Waals surface area contributed by atoms with Crippen molar-refractivity contribution in [1.29, 1.82) is 0 Å². The maximum Gasteiger partial charge on any atom is 0.311 e.